The number of nitrogens with zero attached hydrogens (tertiary/aromatic N) is 3. The molecule has 142 valence electrons. The molecule has 0 radical (unpaired) electrons. The van der Waals surface area contributed by atoms with E-state index in [2.05, 4.69) is 9.28 Å². The van der Waals surface area contributed by atoms with Crippen LogP contribution in [-0.4, -0.2) is 46.8 Å². The van der Waals surface area contributed by atoms with E-state index in [1.807, 2.05) is 0 Å². The summed E-state index contributed by atoms with van der Waals surface area (Å²) in [4.78, 5) is 13.4. The molecule has 0 aliphatic carbocycles. The van der Waals surface area contributed by atoms with Crippen molar-refractivity contribution >= 4 is 16.2 Å². The lowest BCUT2D eigenvalue weighted by molar-refractivity contribution is -0.0502. The van der Waals surface area contributed by atoms with E-state index in [9.17, 15) is 26.4 Å². The van der Waals surface area contributed by atoms with Crippen molar-refractivity contribution in [2.24, 2.45) is 7.05 Å². The number of hydrogen-bond donors (Lipinski definition) is 0. The first kappa shape index (κ1) is 19.3. The van der Waals surface area contributed by atoms with E-state index < -0.39 is 33.2 Å². The van der Waals surface area contributed by atoms with E-state index in [-0.39, 0.29) is 30.8 Å². The first-order valence-corrected chi connectivity index (χ1v) is 8.65. The molecule has 0 fully saturated rings. The topological polar surface area (TPSA) is 90.7 Å². The molecular formula is C13H18F3N3O5S. The van der Waals surface area contributed by atoms with Gasteiger partial charge in [0.25, 0.3) is 0 Å². The van der Waals surface area contributed by atoms with Gasteiger partial charge in [-0.05, 0) is 27.2 Å². The second-order valence-corrected chi connectivity index (χ2v) is 8.03. The van der Waals surface area contributed by atoms with Crippen molar-refractivity contribution in [2.45, 2.75) is 44.8 Å². The summed E-state index contributed by atoms with van der Waals surface area (Å²) < 4.78 is 70.3. The van der Waals surface area contributed by atoms with Crippen molar-refractivity contribution in [3.63, 3.8) is 0 Å². The van der Waals surface area contributed by atoms with Crippen LogP contribution in [0.1, 0.15) is 32.0 Å². The van der Waals surface area contributed by atoms with Crippen LogP contribution in [0.15, 0.2) is 0 Å². The number of carbonyl (C=O) groups is 1. The average Bonchev–Trinajstić information content (AvgIpc) is 2.70. The van der Waals surface area contributed by atoms with E-state index >= 15 is 0 Å². The quantitative estimate of drug-likeness (QED) is 0.571. The fraction of sp³-hybridized carbons (Fsp3) is 0.692. The highest BCUT2D eigenvalue weighted by molar-refractivity contribution is 7.87. The number of hydrogen-bond acceptors (Lipinski definition) is 6. The first-order chi connectivity index (χ1) is 11.2. The zero-order valence-corrected chi connectivity index (χ0v) is 14.9. The zero-order chi connectivity index (χ0) is 19.2. The van der Waals surface area contributed by atoms with Gasteiger partial charge in [-0.15, -0.1) is 0 Å². The van der Waals surface area contributed by atoms with Gasteiger partial charge in [0.2, 0.25) is 5.88 Å². The van der Waals surface area contributed by atoms with Crippen molar-refractivity contribution < 1.29 is 35.3 Å². The lowest BCUT2D eigenvalue weighted by Gasteiger charge is -2.29. The van der Waals surface area contributed by atoms with Gasteiger partial charge < -0.3 is 13.8 Å². The minimum atomic E-state index is -5.80. The molecule has 1 amide bonds. The first-order valence-electron chi connectivity index (χ1n) is 7.25. The summed E-state index contributed by atoms with van der Waals surface area (Å²) >= 11 is 0. The molecule has 0 spiro atoms. The third-order valence-electron chi connectivity index (χ3n) is 3.27. The summed E-state index contributed by atoms with van der Waals surface area (Å²) in [6.07, 6.45) is -0.500. The van der Waals surface area contributed by atoms with Crippen molar-refractivity contribution in [2.75, 3.05) is 6.54 Å². The van der Waals surface area contributed by atoms with Gasteiger partial charge in [-0.1, -0.05) is 0 Å². The highest BCUT2D eigenvalue weighted by Gasteiger charge is 2.49. The fourth-order valence-corrected chi connectivity index (χ4v) is 2.74. The lowest BCUT2D eigenvalue weighted by atomic mass is 10.1. The largest absolute Gasteiger partial charge is 0.534 e. The molecule has 2 rings (SSSR count). The number of halogens is 3. The molecule has 1 aliphatic heterocycles. The SMILES string of the molecule is Cn1nc2c(c1OS(=O)(=O)C(F)(F)F)CCN(C(=O)OC(C)(C)C)C2. The van der Waals surface area contributed by atoms with Crippen LogP contribution < -0.4 is 4.18 Å². The molecule has 0 saturated heterocycles. The van der Waals surface area contributed by atoms with Crippen LogP contribution in [0.5, 0.6) is 5.88 Å². The van der Waals surface area contributed by atoms with E-state index in [0.717, 1.165) is 4.68 Å². The Labute approximate surface area is 142 Å². The van der Waals surface area contributed by atoms with Gasteiger partial charge in [0.05, 0.1) is 12.2 Å². The minimum Gasteiger partial charge on any atom is -0.444 e. The van der Waals surface area contributed by atoms with Gasteiger partial charge in [0.15, 0.2) is 0 Å². The van der Waals surface area contributed by atoms with Crippen molar-refractivity contribution in [3.8, 4) is 5.88 Å². The van der Waals surface area contributed by atoms with E-state index in [1.54, 1.807) is 20.8 Å². The lowest BCUT2D eigenvalue weighted by Crippen LogP contribution is -2.40. The van der Waals surface area contributed by atoms with Crippen LogP contribution in [0.4, 0.5) is 18.0 Å². The predicted molar refractivity (Wildman–Crippen MR) is 79.2 cm³/mol. The molecule has 0 aromatic carbocycles. The van der Waals surface area contributed by atoms with Crippen LogP contribution in [0.2, 0.25) is 0 Å². The van der Waals surface area contributed by atoms with Crippen molar-refractivity contribution in [1.82, 2.24) is 14.7 Å². The van der Waals surface area contributed by atoms with Gasteiger partial charge >= 0.3 is 21.7 Å². The van der Waals surface area contributed by atoms with Crippen LogP contribution in [-0.2, 0) is 34.9 Å². The molecule has 1 aromatic rings. The van der Waals surface area contributed by atoms with Gasteiger partial charge in [0.1, 0.15) is 5.60 Å². The number of aryl methyl sites for hydroxylation is 1. The Morgan fingerprint density at radius 2 is 1.84 bits per heavy atom. The van der Waals surface area contributed by atoms with Gasteiger partial charge in [-0.3, -0.25) is 0 Å². The normalized spacial score (nSPS) is 15.7. The third-order valence-corrected chi connectivity index (χ3v) is 4.21. The van der Waals surface area contributed by atoms with Gasteiger partial charge in [-0.25, -0.2) is 9.48 Å². The standard InChI is InChI=1S/C13H18F3N3O5S/c1-12(2,3)23-11(20)19-6-5-8-9(7-19)17-18(4)10(8)24-25(21,22)13(14,15)16/h5-7H2,1-4H3. The number of rotatable bonds is 2. The zero-order valence-electron chi connectivity index (χ0n) is 14.0. The molecule has 2 heterocycles. The molecule has 1 aliphatic rings. The minimum absolute atomic E-state index is 0.0203. The van der Waals surface area contributed by atoms with Gasteiger partial charge in [-0.2, -0.15) is 26.7 Å². The number of fused-ring (bicyclic) bond motifs is 1. The average molecular weight is 385 g/mol. The smallest absolute Gasteiger partial charge is 0.444 e. The molecule has 12 heteroatoms. The van der Waals surface area contributed by atoms with Crippen LogP contribution in [0.25, 0.3) is 0 Å². The Bertz CT molecular complexity index is 780. The monoisotopic (exact) mass is 385 g/mol. The maximum absolute atomic E-state index is 12.5. The highest BCUT2D eigenvalue weighted by atomic mass is 32.2. The summed E-state index contributed by atoms with van der Waals surface area (Å²) in [5, 5.41) is 3.96. The maximum Gasteiger partial charge on any atom is 0.534 e. The molecule has 25 heavy (non-hydrogen) atoms. The maximum atomic E-state index is 12.5. The molecule has 1 aromatic heterocycles. The van der Waals surface area contributed by atoms with Gasteiger partial charge in [0, 0.05) is 19.2 Å². The summed E-state index contributed by atoms with van der Waals surface area (Å²) in [5.74, 6) is -0.504. The Hall–Kier alpha value is -1.98. The molecule has 0 N–H and O–H groups in total. The number of alkyl halides is 3. The Balaban J connectivity index is 2.23. The van der Waals surface area contributed by atoms with E-state index in [1.165, 1.54) is 11.9 Å². The van der Waals surface area contributed by atoms with Crippen molar-refractivity contribution in [3.05, 3.63) is 11.3 Å². The number of amides is 1. The predicted octanol–water partition coefficient (Wildman–Crippen LogP) is 1.94. The van der Waals surface area contributed by atoms with Crippen molar-refractivity contribution in [1.29, 1.82) is 0 Å². The Morgan fingerprint density at radius 3 is 2.36 bits per heavy atom. The summed E-state index contributed by atoms with van der Waals surface area (Å²) in [5.41, 5.74) is -5.76. The summed E-state index contributed by atoms with van der Waals surface area (Å²) in [6.45, 7) is 5.22. The molecule has 0 bridgehead atoms. The molecule has 0 atom stereocenters. The fourth-order valence-electron chi connectivity index (χ4n) is 2.23. The third kappa shape index (κ3) is 4.17. The van der Waals surface area contributed by atoms with Crippen LogP contribution in [0, 0.1) is 0 Å². The second-order valence-electron chi connectivity index (χ2n) is 6.49. The molecule has 0 saturated carbocycles. The summed E-state index contributed by atoms with van der Waals surface area (Å²) in [6, 6.07) is 0. The highest BCUT2D eigenvalue weighted by Crippen LogP contribution is 2.32. The summed E-state index contributed by atoms with van der Waals surface area (Å²) in [7, 11) is -4.54. The van der Waals surface area contributed by atoms with E-state index in [4.69, 9.17) is 4.74 Å². The Morgan fingerprint density at radius 1 is 1.24 bits per heavy atom. The number of ether oxygens (including phenoxy) is 1. The van der Waals surface area contributed by atoms with E-state index in [0.29, 0.717) is 0 Å². The molecule has 0 unspecified atom stereocenters. The Kier molecular flexibility index (Phi) is 4.70. The molecule has 8 nitrogen and oxygen atoms in total. The van der Waals surface area contributed by atoms with Crippen LogP contribution >= 0.6 is 0 Å². The number of aromatic nitrogens is 2. The second kappa shape index (κ2) is 6.07. The van der Waals surface area contributed by atoms with Crippen LogP contribution in [0.3, 0.4) is 0 Å². The molecular weight excluding hydrogens is 367 g/mol. The number of carbonyl (C=O) groups excluding carboxylic acids is 1.